The monoisotopic (exact) mass is 429 g/mol. The smallest absolute Gasteiger partial charge is 0.243 e. The van der Waals surface area contributed by atoms with E-state index in [0.717, 1.165) is 29.9 Å². The maximum Gasteiger partial charge on any atom is 0.243 e. The maximum absolute atomic E-state index is 13.3. The Bertz CT molecular complexity index is 1020. The third kappa shape index (κ3) is 4.21. The molecule has 1 saturated heterocycles. The Morgan fingerprint density at radius 1 is 1.07 bits per heavy atom. The minimum Gasteiger partial charge on any atom is -0.378 e. The average molecular weight is 430 g/mol. The molecule has 2 aliphatic rings. The number of hydrogen-bond acceptors (Lipinski definition) is 5. The molecule has 0 bridgehead atoms. The summed E-state index contributed by atoms with van der Waals surface area (Å²) in [5.74, 6) is -0.342. The number of amides is 1. The number of anilines is 2. The predicted molar refractivity (Wildman–Crippen MR) is 117 cm³/mol. The first kappa shape index (κ1) is 20.8. The zero-order valence-corrected chi connectivity index (χ0v) is 17.9. The van der Waals surface area contributed by atoms with Crippen molar-refractivity contribution < 1.29 is 17.9 Å². The molecule has 1 atom stereocenters. The summed E-state index contributed by atoms with van der Waals surface area (Å²) in [6.45, 7) is 4.61. The summed E-state index contributed by atoms with van der Waals surface area (Å²) < 4.78 is 32.3. The van der Waals surface area contributed by atoms with Gasteiger partial charge in [-0.1, -0.05) is 36.4 Å². The van der Waals surface area contributed by atoms with Gasteiger partial charge in [0.1, 0.15) is 6.04 Å². The van der Waals surface area contributed by atoms with Crippen molar-refractivity contribution in [1.82, 2.24) is 4.31 Å². The first-order chi connectivity index (χ1) is 14.5. The predicted octanol–water partition coefficient (Wildman–Crippen LogP) is 2.24. The van der Waals surface area contributed by atoms with Gasteiger partial charge in [0.25, 0.3) is 0 Å². The Morgan fingerprint density at radius 2 is 1.73 bits per heavy atom. The van der Waals surface area contributed by atoms with Crippen LogP contribution in [-0.4, -0.2) is 56.7 Å². The summed E-state index contributed by atoms with van der Waals surface area (Å²) in [6, 6.07) is 14.6. The zero-order chi connectivity index (χ0) is 21.1. The number of sulfonamides is 1. The van der Waals surface area contributed by atoms with Gasteiger partial charge in [-0.25, -0.2) is 8.42 Å². The number of morpholine rings is 1. The van der Waals surface area contributed by atoms with Crippen LogP contribution in [0.1, 0.15) is 18.1 Å². The SMILES string of the molecule is CCS(=O)(=O)N1Cc2ccccc2C[C@H]1C(=O)Nc1ccccc1N1CCOCC1. The summed E-state index contributed by atoms with van der Waals surface area (Å²) >= 11 is 0. The second-order valence-corrected chi connectivity index (χ2v) is 9.75. The van der Waals surface area contributed by atoms with Gasteiger partial charge in [-0.15, -0.1) is 0 Å². The molecule has 0 saturated carbocycles. The third-order valence-electron chi connectivity index (χ3n) is 5.74. The molecule has 1 N–H and O–H groups in total. The molecule has 0 spiro atoms. The van der Waals surface area contributed by atoms with Crippen molar-refractivity contribution in [3.05, 3.63) is 59.7 Å². The highest BCUT2D eigenvalue weighted by atomic mass is 32.2. The lowest BCUT2D eigenvalue weighted by molar-refractivity contribution is -0.120. The highest BCUT2D eigenvalue weighted by molar-refractivity contribution is 7.89. The summed E-state index contributed by atoms with van der Waals surface area (Å²) in [4.78, 5) is 15.5. The van der Waals surface area contributed by atoms with Crippen molar-refractivity contribution in [3.8, 4) is 0 Å². The lowest BCUT2D eigenvalue weighted by Crippen LogP contribution is -2.51. The second kappa shape index (κ2) is 8.75. The summed E-state index contributed by atoms with van der Waals surface area (Å²) in [5.41, 5.74) is 3.58. The van der Waals surface area contributed by atoms with E-state index in [1.165, 1.54) is 4.31 Å². The topological polar surface area (TPSA) is 79.0 Å². The van der Waals surface area contributed by atoms with Gasteiger partial charge >= 0.3 is 0 Å². The highest BCUT2D eigenvalue weighted by Gasteiger charge is 2.38. The molecule has 2 heterocycles. The number of hydrogen-bond donors (Lipinski definition) is 1. The molecule has 1 amide bonds. The molecule has 0 unspecified atom stereocenters. The van der Waals surface area contributed by atoms with Crippen molar-refractivity contribution in [1.29, 1.82) is 0 Å². The van der Waals surface area contributed by atoms with E-state index >= 15 is 0 Å². The zero-order valence-electron chi connectivity index (χ0n) is 17.1. The standard InChI is InChI=1S/C22H27N3O4S/c1-2-30(27,28)25-16-18-8-4-3-7-17(18)15-21(25)22(26)23-19-9-5-6-10-20(19)24-11-13-29-14-12-24/h3-10,21H,2,11-16H2,1H3,(H,23,26)/t21-/m0/s1. The normalized spacial score (nSPS) is 19.9. The first-order valence-corrected chi connectivity index (χ1v) is 11.9. The second-order valence-electron chi connectivity index (χ2n) is 7.54. The molecule has 0 radical (unpaired) electrons. The van der Waals surface area contributed by atoms with Crippen LogP contribution in [0.3, 0.4) is 0 Å². The molecule has 0 aromatic heterocycles. The highest BCUT2D eigenvalue weighted by Crippen LogP contribution is 2.30. The van der Waals surface area contributed by atoms with Crippen LogP contribution in [0.2, 0.25) is 0 Å². The number of rotatable bonds is 5. The van der Waals surface area contributed by atoms with Crippen LogP contribution >= 0.6 is 0 Å². The lowest BCUT2D eigenvalue weighted by Gasteiger charge is -2.35. The van der Waals surface area contributed by atoms with Crippen molar-refractivity contribution in [2.75, 3.05) is 42.3 Å². The van der Waals surface area contributed by atoms with Crippen molar-refractivity contribution >= 4 is 27.3 Å². The fraction of sp³-hybridized carbons (Fsp3) is 0.409. The number of fused-ring (bicyclic) bond motifs is 1. The number of para-hydroxylation sites is 2. The number of ether oxygens (including phenoxy) is 1. The summed E-state index contributed by atoms with van der Waals surface area (Å²) in [7, 11) is -3.54. The fourth-order valence-corrected chi connectivity index (χ4v) is 5.28. The Labute approximate surface area is 177 Å². The molecule has 2 aliphatic heterocycles. The van der Waals surface area contributed by atoms with Crippen LogP contribution in [0, 0.1) is 0 Å². The minimum atomic E-state index is -3.54. The average Bonchev–Trinajstić information content (AvgIpc) is 2.79. The van der Waals surface area contributed by atoms with E-state index < -0.39 is 16.1 Å². The largest absolute Gasteiger partial charge is 0.378 e. The van der Waals surface area contributed by atoms with Gasteiger partial charge in [0.15, 0.2) is 0 Å². The van der Waals surface area contributed by atoms with Gasteiger partial charge < -0.3 is 15.0 Å². The molecule has 4 rings (SSSR count). The molecule has 7 nitrogen and oxygen atoms in total. The molecule has 2 aromatic rings. The van der Waals surface area contributed by atoms with Crippen LogP contribution in [0.4, 0.5) is 11.4 Å². The van der Waals surface area contributed by atoms with E-state index in [9.17, 15) is 13.2 Å². The van der Waals surface area contributed by atoms with Crippen molar-refractivity contribution in [2.24, 2.45) is 0 Å². The van der Waals surface area contributed by atoms with Crippen molar-refractivity contribution in [2.45, 2.75) is 25.9 Å². The van der Waals surface area contributed by atoms with E-state index in [1.807, 2.05) is 48.5 Å². The quantitative estimate of drug-likeness (QED) is 0.789. The van der Waals surface area contributed by atoms with Crippen LogP contribution < -0.4 is 10.2 Å². The molecule has 30 heavy (non-hydrogen) atoms. The Kier molecular flexibility index (Phi) is 6.08. The minimum absolute atomic E-state index is 0.0384. The van der Waals surface area contributed by atoms with E-state index in [2.05, 4.69) is 10.2 Å². The van der Waals surface area contributed by atoms with E-state index in [4.69, 9.17) is 4.74 Å². The lowest BCUT2D eigenvalue weighted by atomic mass is 9.95. The Morgan fingerprint density at radius 3 is 2.47 bits per heavy atom. The van der Waals surface area contributed by atoms with E-state index in [-0.39, 0.29) is 18.2 Å². The van der Waals surface area contributed by atoms with Crippen molar-refractivity contribution in [3.63, 3.8) is 0 Å². The molecular weight excluding hydrogens is 402 g/mol. The third-order valence-corrected chi connectivity index (χ3v) is 7.57. The van der Waals surface area contributed by atoms with Gasteiger partial charge in [-0.3, -0.25) is 4.79 Å². The van der Waals surface area contributed by atoms with Crippen LogP contribution in [0.25, 0.3) is 0 Å². The molecule has 0 aliphatic carbocycles. The summed E-state index contributed by atoms with van der Waals surface area (Å²) in [5, 5.41) is 3.01. The molecule has 1 fully saturated rings. The number of nitrogens with zero attached hydrogens (tertiary/aromatic N) is 2. The van der Waals surface area contributed by atoms with Crippen LogP contribution in [0.5, 0.6) is 0 Å². The maximum atomic E-state index is 13.3. The van der Waals surface area contributed by atoms with Gasteiger partial charge in [0, 0.05) is 19.6 Å². The van der Waals surface area contributed by atoms with Gasteiger partial charge in [0.05, 0.1) is 30.3 Å². The Balaban J connectivity index is 1.62. The molecule has 2 aromatic carbocycles. The molecule has 160 valence electrons. The van der Waals surface area contributed by atoms with Crippen LogP contribution in [0.15, 0.2) is 48.5 Å². The van der Waals surface area contributed by atoms with Gasteiger partial charge in [-0.2, -0.15) is 4.31 Å². The number of carbonyl (C=O) groups excluding carboxylic acids is 1. The van der Waals surface area contributed by atoms with E-state index in [1.54, 1.807) is 6.92 Å². The fourth-order valence-electron chi connectivity index (χ4n) is 4.06. The van der Waals surface area contributed by atoms with Gasteiger partial charge in [0.2, 0.25) is 15.9 Å². The van der Waals surface area contributed by atoms with Crippen LogP contribution in [-0.2, 0) is 32.5 Å². The summed E-state index contributed by atoms with van der Waals surface area (Å²) in [6.07, 6.45) is 0.362. The number of nitrogens with one attached hydrogen (secondary N) is 1. The van der Waals surface area contributed by atoms with Gasteiger partial charge in [-0.05, 0) is 36.6 Å². The Hall–Kier alpha value is -2.42. The van der Waals surface area contributed by atoms with E-state index in [0.29, 0.717) is 25.3 Å². The number of benzene rings is 2. The first-order valence-electron chi connectivity index (χ1n) is 10.3. The molecule has 8 heteroatoms. The molecular formula is C22H27N3O4S. The number of carbonyl (C=O) groups is 1.